The number of likely N-dealkylation sites (tertiary alicyclic amines) is 1. The topological polar surface area (TPSA) is 148 Å². The highest BCUT2D eigenvalue weighted by molar-refractivity contribution is 5.98. The fraction of sp³-hybridized carbons (Fsp3) is 0.458. The summed E-state index contributed by atoms with van der Waals surface area (Å²) in [6.45, 7) is 3.18. The average molecular weight is 554 g/mol. The number of aliphatic hydroxyl groups is 1. The number of aliphatic hydroxyl groups excluding tert-OH is 1. The molecule has 3 aromatic heterocycles. The maximum absolute atomic E-state index is 14.8. The molecule has 1 aliphatic heterocycles. The zero-order valence-electron chi connectivity index (χ0n) is 21.2. The van der Waals surface area contributed by atoms with Crippen molar-refractivity contribution in [1.82, 2.24) is 29.8 Å². The normalized spacial score (nSPS) is 18.5. The molecule has 2 amide bonds. The first-order valence-electron chi connectivity index (χ1n) is 12.0. The molecule has 1 saturated heterocycles. The molecule has 3 atom stereocenters. The lowest BCUT2D eigenvalue weighted by Gasteiger charge is -2.21. The molecule has 0 aliphatic carbocycles. The van der Waals surface area contributed by atoms with Gasteiger partial charge in [-0.1, -0.05) is 13.8 Å². The summed E-state index contributed by atoms with van der Waals surface area (Å²) < 4.78 is 62.0. The van der Waals surface area contributed by atoms with Crippen molar-refractivity contribution in [3.63, 3.8) is 0 Å². The number of rotatable bonds is 7. The Kier molecular flexibility index (Phi) is 7.63. The number of carbonyl (C=O) groups excluding carboxylic acids is 2. The second kappa shape index (κ2) is 10.6. The van der Waals surface area contributed by atoms with Gasteiger partial charge in [-0.2, -0.15) is 18.3 Å². The molecular weight excluding hydrogens is 526 g/mol. The van der Waals surface area contributed by atoms with Gasteiger partial charge in [0, 0.05) is 18.3 Å². The summed E-state index contributed by atoms with van der Waals surface area (Å²) in [4.78, 5) is 34.5. The number of nitrogens with zero attached hydrogens (tertiary/aromatic N) is 5. The fourth-order valence-corrected chi connectivity index (χ4v) is 4.49. The van der Waals surface area contributed by atoms with Crippen molar-refractivity contribution in [2.24, 2.45) is 5.92 Å². The predicted octanol–water partition coefficient (Wildman–Crippen LogP) is 2.09. The summed E-state index contributed by atoms with van der Waals surface area (Å²) >= 11 is 0. The Bertz CT molecular complexity index is 1390. The molecule has 3 aromatic rings. The lowest BCUT2D eigenvalue weighted by molar-refractivity contribution is -0.140. The van der Waals surface area contributed by atoms with Crippen LogP contribution in [-0.2, 0) is 11.0 Å². The Morgan fingerprint density at radius 3 is 2.62 bits per heavy atom. The van der Waals surface area contributed by atoms with E-state index in [1.807, 2.05) is 13.8 Å². The van der Waals surface area contributed by atoms with Gasteiger partial charge < -0.3 is 25.8 Å². The highest BCUT2D eigenvalue weighted by atomic mass is 19.4. The van der Waals surface area contributed by atoms with Crippen LogP contribution in [-0.4, -0.2) is 79.9 Å². The van der Waals surface area contributed by atoms with Gasteiger partial charge in [0.1, 0.15) is 29.7 Å². The molecule has 4 rings (SSSR count). The Morgan fingerprint density at radius 2 is 1.97 bits per heavy atom. The minimum Gasteiger partial charge on any atom is -0.480 e. The van der Waals surface area contributed by atoms with Crippen molar-refractivity contribution in [3.05, 3.63) is 35.8 Å². The van der Waals surface area contributed by atoms with Crippen molar-refractivity contribution in [2.75, 3.05) is 25.9 Å². The summed E-state index contributed by atoms with van der Waals surface area (Å²) in [7, 11) is 1.24. The number of amides is 2. The Hall–Kier alpha value is -4.01. The molecule has 4 heterocycles. The van der Waals surface area contributed by atoms with Crippen LogP contribution in [0.15, 0.2) is 24.7 Å². The Labute approximate surface area is 220 Å². The van der Waals surface area contributed by atoms with Crippen LogP contribution in [0.3, 0.4) is 0 Å². The van der Waals surface area contributed by atoms with E-state index in [0.717, 1.165) is 21.8 Å². The smallest absolute Gasteiger partial charge is 0.418 e. The third-order valence-corrected chi connectivity index (χ3v) is 6.33. The molecule has 0 unspecified atom stereocenters. The number of halogens is 4. The first kappa shape index (κ1) is 28.0. The van der Waals surface area contributed by atoms with Gasteiger partial charge in [0.2, 0.25) is 5.88 Å². The Morgan fingerprint density at radius 1 is 1.26 bits per heavy atom. The quantitative estimate of drug-likeness (QED) is 0.377. The molecular formula is C24H27F4N7O4. The molecule has 0 bridgehead atoms. The summed E-state index contributed by atoms with van der Waals surface area (Å²) in [5.74, 6) is -1.96. The summed E-state index contributed by atoms with van der Waals surface area (Å²) in [6, 6.07) is 0.949. The molecule has 0 saturated carbocycles. The maximum atomic E-state index is 14.8. The van der Waals surface area contributed by atoms with Crippen LogP contribution < -0.4 is 15.8 Å². The van der Waals surface area contributed by atoms with Crippen LogP contribution in [0.2, 0.25) is 0 Å². The number of methoxy groups -OCH3 is 1. The summed E-state index contributed by atoms with van der Waals surface area (Å²) in [5.41, 5.74) is 3.97. The predicted molar refractivity (Wildman–Crippen MR) is 130 cm³/mol. The molecule has 210 valence electrons. The summed E-state index contributed by atoms with van der Waals surface area (Å²) in [6.07, 6.45) is -5.28. The first-order valence-corrected chi connectivity index (χ1v) is 12.0. The van der Waals surface area contributed by atoms with Crippen LogP contribution in [0.4, 0.5) is 23.4 Å². The van der Waals surface area contributed by atoms with Crippen LogP contribution in [0.25, 0.3) is 16.8 Å². The van der Waals surface area contributed by atoms with E-state index in [1.54, 1.807) is 0 Å². The number of aromatic nitrogens is 4. The standard InChI is InChI=1S/C24H27F4N7O4/c1-11(2)4-18(36)23(38)34-8-15(25)16(9-34)33-21(37)13-5-12(7-30-22(13)39-3)17-6-14(24(26,27)28)19-20(29)31-10-32-35(17)19/h5-7,10-11,15-16,18,36H,4,8-9H2,1-3H3,(H,33,37)(H2,29,31,32)/t15-,16+,18-/m0/s1. The van der Waals surface area contributed by atoms with Gasteiger partial charge in [-0.3, -0.25) is 9.59 Å². The van der Waals surface area contributed by atoms with Gasteiger partial charge in [0.25, 0.3) is 11.8 Å². The number of nitrogens with one attached hydrogen (secondary N) is 1. The number of anilines is 1. The third-order valence-electron chi connectivity index (χ3n) is 6.33. The monoisotopic (exact) mass is 553 g/mol. The van der Waals surface area contributed by atoms with Crippen molar-refractivity contribution < 1.29 is 37.0 Å². The van der Waals surface area contributed by atoms with Crippen molar-refractivity contribution in [2.45, 2.75) is 44.8 Å². The number of hydrogen-bond donors (Lipinski definition) is 3. The number of ether oxygens (including phenoxy) is 1. The van der Waals surface area contributed by atoms with Gasteiger partial charge in [0.15, 0.2) is 5.82 Å². The van der Waals surface area contributed by atoms with E-state index in [-0.39, 0.29) is 48.1 Å². The molecule has 4 N–H and O–H groups in total. The number of nitrogen functional groups attached to an aromatic ring is 1. The fourth-order valence-electron chi connectivity index (χ4n) is 4.49. The zero-order valence-corrected chi connectivity index (χ0v) is 21.2. The van der Waals surface area contributed by atoms with E-state index >= 15 is 0 Å². The highest BCUT2D eigenvalue weighted by Gasteiger charge is 2.39. The molecule has 1 aliphatic rings. The SMILES string of the molecule is COc1ncc(-c2cc(C(F)(F)F)c3c(N)ncnn23)cc1C(=O)N[C@@H]1CN(C(=O)[C@@H](O)CC(C)C)C[C@@H]1F. The molecule has 0 spiro atoms. The van der Waals surface area contributed by atoms with Gasteiger partial charge in [-0.25, -0.2) is 18.9 Å². The van der Waals surface area contributed by atoms with Crippen LogP contribution >= 0.6 is 0 Å². The largest absolute Gasteiger partial charge is 0.480 e. The van der Waals surface area contributed by atoms with E-state index in [1.165, 1.54) is 19.4 Å². The number of alkyl halides is 4. The highest BCUT2D eigenvalue weighted by Crippen LogP contribution is 2.39. The van der Waals surface area contributed by atoms with Gasteiger partial charge in [0.05, 0.1) is 31.0 Å². The summed E-state index contributed by atoms with van der Waals surface area (Å²) in [5, 5.41) is 16.5. The number of nitrogens with two attached hydrogens (primary N) is 1. The van der Waals surface area contributed by atoms with Crippen molar-refractivity contribution >= 4 is 23.1 Å². The lowest BCUT2D eigenvalue weighted by atomic mass is 10.1. The second-order valence-electron chi connectivity index (χ2n) is 9.61. The second-order valence-corrected chi connectivity index (χ2v) is 9.61. The first-order chi connectivity index (χ1) is 18.3. The third kappa shape index (κ3) is 5.57. The van der Waals surface area contributed by atoms with E-state index < -0.39 is 53.2 Å². The van der Waals surface area contributed by atoms with Gasteiger partial charge >= 0.3 is 6.18 Å². The molecule has 1 fully saturated rings. The van der Waals surface area contributed by atoms with Crippen molar-refractivity contribution in [1.29, 1.82) is 0 Å². The molecule has 15 heteroatoms. The van der Waals surface area contributed by atoms with Gasteiger partial charge in [-0.15, -0.1) is 0 Å². The average Bonchev–Trinajstić information content (AvgIpc) is 3.44. The molecule has 11 nitrogen and oxygen atoms in total. The number of hydrogen-bond acceptors (Lipinski definition) is 8. The molecule has 0 aromatic carbocycles. The van der Waals surface area contributed by atoms with Crippen molar-refractivity contribution in [3.8, 4) is 17.1 Å². The number of carbonyl (C=O) groups is 2. The molecule has 39 heavy (non-hydrogen) atoms. The molecule has 0 radical (unpaired) electrons. The van der Waals surface area contributed by atoms with Crippen LogP contribution in [0.1, 0.15) is 36.2 Å². The Balaban J connectivity index is 1.63. The lowest BCUT2D eigenvalue weighted by Crippen LogP contribution is -2.43. The minimum atomic E-state index is -4.77. The number of pyridine rings is 1. The van der Waals surface area contributed by atoms with E-state index in [2.05, 4.69) is 20.4 Å². The maximum Gasteiger partial charge on any atom is 0.418 e. The minimum absolute atomic E-state index is 0.0447. The van der Waals surface area contributed by atoms with Crippen LogP contribution in [0, 0.1) is 5.92 Å². The van der Waals surface area contributed by atoms with E-state index in [0.29, 0.717) is 0 Å². The zero-order chi connectivity index (χ0) is 28.6. The van der Waals surface area contributed by atoms with Crippen LogP contribution in [0.5, 0.6) is 5.88 Å². The number of fused-ring (bicyclic) bond motifs is 1. The van der Waals surface area contributed by atoms with E-state index in [4.69, 9.17) is 10.5 Å². The van der Waals surface area contributed by atoms with E-state index in [9.17, 15) is 32.3 Å². The van der Waals surface area contributed by atoms with Gasteiger partial charge in [-0.05, 0) is 24.5 Å².